The third kappa shape index (κ3) is 4.19. The zero-order valence-corrected chi connectivity index (χ0v) is 16.5. The molecule has 1 atom stereocenters. The highest BCUT2D eigenvalue weighted by Gasteiger charge is 2.26. The highest BCUT2D eigenvalue weighted by molar-refractivity contribution is 6.30. The Labute approximate surface area is 169 Å². The molecule has 0 N–H and O–H groups in total. The topological polar surface area (TPSA) is 71.3 Å². The first-order valence-electron chi connectivity index (χ1n) is 9.84. The highest BCUT2D eigenvalue weighted by Crippen LogP contribution is 2.21. The van der Waals surface area contributed by atoms with Crippen molar-refractivity contribution in [1.29, 1.82) is 0 Å². The van der Waals surface area contributed by atoms with Crippen molar-refractivity contribution in [3.63, 3.8) is 0 Å². The van der Waals surface area contributed by atoms with E-state index in [2.05, 4.69) is 10.3 Å². The summed E-state index contributed by atoms with van der Waals surface area (Å²) >= 11 is 5.91. The van der Waals surface area contributed by atoms with Gasteiger partial charge in [-0.25, -0.2) is 0 Å². The number of hydrogen-bond acceptors (Lipinski definition) is 4. The van der Waals surface area contributed by atoms with Crippen LogP contribution in [0.15, 0.2) is 30.5 Å². The summed E-state index contributed by atoms with van der Waals surface area (Å²) in [4.78, 5) is 28.9. The van der Waals surface area contributed by atoms with E-state index in [0.717, 1.165) is 45.3 Å². The van der Waals surface area contributed by atoms with Crippen molar-refractivity contribution in [3.05, 3.63) is 46.7 Å². The molecule has 4 rings (SSSR count). The van der Waals surface area contributed by atoms with E-state index < -0.39 is 0 Å². The van der Waals surface area contributed by atoms with E-state index in [1.165, 1.54) is 0 Å². The van der Waals surface area contributed by atoms with Gasteiger partial charge < -0.3 is 9.80 Å². The maximum Gasteiger partial charge on any atom is 0.276 e. The van der Waals surface area contributed by atoms with Gasteiger partial charge in [0, 0.05) is 43.3 Å². The number of aromatic nitrogens is 3. The normalized spacial score (nSPS) is 19.8. The van der Waals surface area contributed by atoms with E-state index >= 15 is 0 Å². The Morgan fingerprint density at radius 2 is 1.71 bits per heavy atom. The molecule has 7 nitrogen and oxygen atoms in total. The minimum atomic E-state index is -0.0352. The summed E-state index contributed by atoms with van der Waals surface area (Å²) in [6, 6.07) is 7.01. The predicted octanol–water partition coefficient (Wildman–Crippen LogP) is 2.72. The van der Waals surface area contributed by atoms with Gasteiger partial charge in [-0.15, -0.1) is 5.10 Å². The second kappa shape index (κ2) is 8.31. The molecular weight excluding hydrogens is 378 g/mol. The van der Waals surface area contributed by atoms with Crippen molar-refractivity contribution in [2.45, 2.75) is 32.2 Å². The molecule has 0 bridgehead atoms. The Balaban J connectivity index is 1.37. The van der Waals surface area contributed by atoms with Crippen molar-refractivity contribution in [3.8, 4) is 0 Å². The second-order valence-electron chi connectivity index (χ2n) is 7.59. The summed E-state index contributed by atoms with van der Waals surface area (Å²) in [5.41, 5.74) is 1.07. The summed E-state index contributed by atoms with van der Waals surface area (Å²) in [5.74, 6) is 0.290. The lowest BCUT2D eigenvalue weighted by molar-refractivity contribution is 0.0659. The number of piperidine rings is 1. The molecule has 28 heavy (non-hydrogen) atoms. The zero-order valence-electron chi connectivity index (χ0n) is 15.8. The van der Waals surface area contributed by atoms with Gasteiger partial charge in [0.05, 0.1) is 6.20 Å². The van der Waals surface area contributed by atoms with Crippen LogP contribution < -0.4 is 0 Å². The third-order valence-electron chi connectivity index (χ3n) is 5.49. The molecule has 1 aromatic heterocycles. The first kappa shape index (κ1) is 18.9. The van der Waals surface area contributed by atoms with Crippen LogP contribution in [-0.4, -0.2) is 62.8 Å². The molecule has 2 aliphatic heterocycles. The van der Waals surface area contributed by atoms with E-state index in [1.54, 1.807) is 35.1 Å². The fourth-order valence-corrected chi connectivity index (χ4v) is 4.13. The fraction of sp³-hybridized carbons (Fsp3) is 0.500. The smallest absolute Gasteiger partial charge is 0.276 e. The average molecular weight is 402 g/mol. The summed E-state index contributed by atoms with van der Waals surface area (Å²) in [6.45, 7) is 3.70. The van der Waals surface area contributed by atoms with Crippen LogP contribution in [0.3, 0.4) is 0 Å². The van der Waals surface area contributed by atoms with Crippen molar-refractivity contribution in [2.24, 2.45) is 5.92 Å². The molecule has 0 radical (unpaired) electrons. The number of rotatable bonds is 4. The molecule has 3 heterocycles. The zero-order chi connectivity index (χ0) is 19.5. The number of hydrogen-bond donors (Lipinski definition) is 0. The SMILES string of the molecule is O=C(c1ccc(Cl)cc1)N1CCC[C@H](Cn2cc(C(=O)N3CCCC3)nn2)C1. The van der Waals surface area contributed by atoms with Gasteiger partial charge in [-0.1, -0.05) is 16.8 Å². The first-order valence-corrected chi connectivity index (χ1v) is 10.2. The van der Waals surface area contributed by atoms with E-state index in [4.69, 9.17) is 11.6 Å². The predicted molar refractivity (Wildman–Crippen MR) is 105 cm³/mol. The van der Waals surface area contributed by atoms with Crippen LogP contribution in [0.4, 0.5) is 0 Å². The van der Waals surface area contributed by atoms with E-state index in [0.29, 0.717) is 35.3 Å². The van der Waals surface area contributed by atoms with Crippen LogP contribution in [0, 0.1) is 5.92 Å². The molecule has 0 spiro atoms. The molecule has 2 saturated heterocycles. The lowest BCUT2D eigenvalue weighted by Crippen LogP contribution is -2.41. The number of carbonyl (C=O) groups is 2. The summed E-state index contributed by atoms with van der Waals surface area (Å²) in [7, 11) is 0. The fourth-order valence-electron chi connectivity index (χ4n) is 4.01. The summed E-state index contributed by atoms with van der Waals surface area (Å²) in [6.07, 6.45) is 5.83. The summed E-state index contributed by atoms with van der Waals surface area (Å²) < 4.78 is 1.74. The minimum Gasteiger partial charge on any atom is -0.338 e. The van der Waals surface area contributed by atoms with Crippen molar-refractivity contribution in [1.82, 2.24) is 24.8 Å². The molecule has 2 fully saturated rings. The van der Waals surface area contributed by atoms with Crippen LogP contribution in [-0.2, 0) is 6.54 Å². The molecule has 0 aliphatic carbocycles. The van der Waals surface area contributed by atoms with Gasteiger partial charge in [-0.2, -0.15) is 0 Å². The Bertz CT molecular complexity index is 845. The van der Waals surface area contributed by atoms with E-state index in [1.807, 2.05) is 9.80 Å². The lowest BCUT2D eigenvalue weighted by Gasteiger charge is -2.32. The van der Waals surface area contributed by atoms with Gasteiger partial charge in [0.15, 0.2) is 5.69 Å². The van der Waals surface area contributed by atoms with Crippen molar-refractivity contribution in [2.75, 3.05) is 26.2 Å². The van der Waals surface area contributed by atoms with Crippen LogP contribution in [0.5, 0.6) is 0 Å². The third-order valence-corrected chi connectivity index (χ3v) is 5.75. The Morgan fingerprint density at radius 1 is 1.00 bits per heavy atom. The molecule has 8 heteroatoms. The Hall–Kier alpha value is -2.41. The highest BCUT2D eigenvalue weighted by atomic mass is 35.5. The maximum atomic E-state index is 12.7. The van der Waals surface area contributed by atoms with Gasteiger partial charge in [0.25, 0.3) is 11.8 Å². The summed E-state index contributed by atoms with van der Waals surface area (Å²) in [5, 5.41) is 8.83. The largest absolute Gasteiger partial charge is 0.338 e. The quantitative estimate of drug-likeness (QED) is 0.789. The molecule has 0 saturated carbocycles. The molecule has 2 aromatic rings. The van der Waals surface area contributed by atoms with Gasteiger partial charge in [-0.05, 0) is 55.9 Å². The average Bonchev–Trinajstić information content (AvgIpc) is 3.40. The van der Waals surface area contributed by atoms with E-state index in [9.17, 15) is 9.59 Å². The van der Waals surface area contributed by atoms with Gasteiger partial charge in [0.2, 0.25) is 0 Å². The van der Waals surface area contributed by atoms with Crippen LogP contribution in [0.2, 0.25) is 5.02 Å². The molecule has 0 unspecified atom stereocenters. The maximum absolute atomic E-state index is 12.7. The molecule has 2 amide bonds. The van der Waals surface area contributed by atoms with Gasteiger partial charge in [0.1, 0.15) is 0 Å². The Morgan fingerprint density at radius 3 is 2.46 bits per heavy atom. The molecule has 148 valence electrons. The van der Waals surface area contributed by atoms with Crippen LogP contribution >= 0.6 is 11.6 Å². The van der Waals surface area contributed by atoms with Crippen molar-refractivity contribution < 1.29 is 9.59 Å². The number of amides is 2. The van der Waals surface area contributed by atoms with Crippen LogP contribution in [0.1, 0.15) is 46.5 Å². The minimum absolute atomic E-state index is 0.0323. The van der Waals surface area contributed by atoms with Gasteiger partial charge in [-0.3, -0.25) is 14.3 Å². The van der Waals surface area contributed by atoms with E-state index in [-0.39, 0.29) is 11.8 Å². The van der Waals surface area contributed by atoms with Crippen molar-refractivity contribution >= 4 is 23.4 Å². The number of nitrogens with zero attached hydrogens (tertiary/aromatic N) is 5. The number of carbonyl (C=O) groups excluding carboxylic acids is 2. The molecular formula is C20H24ClN5O2. The standard InChI is InChI=1S/C20H24ClN5O2/c21-17-7-5-16(6-8-17)19(27)25-11-3-4-15(12-25)13-26-14-18(22-23-26)20(28)24-9-1-2-10-24/h5-8,14-15H,1-4,9-13H2/t15-/m0/s1. The Kier molecular flexibility index (Phi) is 5.62. The molecule has 1 aromatic carbocycles. The monoisotopic (exact) mass is 401 g/mol. The second-order valence-corrected chi connectivity index (χ2v) is 8.03. The molecule has 2 aliphatic rings. The van der Waals surface area contributed by atoms with Gasteiger partial charge >= 0.3 is 0 Å². The van der Waals surface area contributed by atoms with Crippen LogP contribution in [0.25, 0.3) is 0 Å². The lowest BCUT2D eigenvalue weighted by atomic mass is 9.97. The number of likely N-dealkylation sites (tertiary alicyclic amines) is 2. The first-order chi connectivity index (χ1) is 13.6. The number of halogens is 1. The number of benzene rings is 1.